The number of hydrogen-bond donors (Lipinski definition) is 2. The quantitative estimate of drug-likeness (QED) is 0.743. The van der Waals surface area contributed by atoms with Crippen LogP contribution in [0, 0.1) is 0 Å². The van der Waals surface area contributed by atoms with Crippen LogP contribution in [0.3, 0.4) is 0 Å². The highest BCUT2D eigenvalue weighted by atomic mass is 32.2. The number of rotatable bonds is 4. The van der Waals surface area contributed by atoms with Crippen LogP contribution >= 0.6 is 0 Å². The highest BCUT2D eigenvalue weighted by Gasteiger charge is 2.12. The predicted octanol–water partition coefficient (Wildman–Crippen LogP) is 0.702. The molecule has 0 saturated heterocycles. The number of hydrogen-bond acceptors (Lipinski definition) is 3. The fourth-order valence-corrected chi connectivity index (χ4v) is 1.90. The zero-order valence-electron chi connectivity index (χ0n) is 7.75. The van der Waals surface area contributed by atoms with Gasteiger partial charge in [0.15, 0.2) is 0 Å². The van der Waals surface area contributed by atoms with Gasteiger partial charge in [-0.3, -0.25) is 9.35 Å². The van der Waals surface area contributed by atoms with E-state index in [1.165, 1.54) is 12.1 Å². The Labute approximate surface area is 87.1 Å². The molecule has 15 heavy (non-hydrogen) atoms. The molecule has 0 unspecified atom stereocenters. The first-order valence-corrected chi connectivity index (χ1v) is 5.73. The lowest BCUT2D eigenvalue weighted by Crippen LogP contribution is -2.08. The second-order valence-electron chi connectivity index (χ2n) is 3.07. The minimum atomic E-state index is -4.13. The van der Waals surface area contributed by atoms with E-state index in [1.807, 2.05) is 0 Å². The third-order valence-corrected chi connectivity index (χ3v) is 2.47. The van der Waals surface area contributed by atoms with E-state index in [4.69, 9.17) is 9.66 Å². The molecular formula is C9H10O5S. The third kappa shape index (κ3) is 4.09. The van der Waals surface area contributed by atoms with E-state index in [0.717, 1.165) is 0 Å². The summed E-state index contributed by atoms with van der Waals surface area (Å²) in [5.74, 6) is -1.60. The largest absolute Gasteiger partial charge is 0.481 e. The Bertz CT molecular complexity index is 463. The van der Waals surface area contributed by atoms with Gasteiger partial charge in [-0.2, -0.15) is 8.42 Å². The first kappa shape index (κ1) is 11.7. The summed E-state index contributed by atoms with van der Waals surface area (Å²) in [7, 11) is -4.13. The summed E-state index contributed by atoms with van der Waals surface area (Å²) >= 11 is 0. The number of benzene rings is 1. The molecule has 5 nitrogen and oxygen atoms in total. The van der Waals surface area contributed by atoms with Crippen LogP contribution in [0.1, 0.15) is 11.1 Å². The average Bonchev–Trinajstić information content (AvgIpc) is 2.05. The Morgan fingerprint density at radius 1 is 1.20 bits per heavy atom. The summed E-state index contributed by atoms with van der Waals surface area (Å²) in [5, 5.41) is 8.58. The molecule has 0 fully saturated rings. The normalized spacial score (nSPS) is 11.3. The fourth-order valence-electron chi connectivity index (χ4n) is 1.23. The Kier molecular flexibility index (Phi) is 3.43. The van der Waals surface area contributed by atoms with Crippen molar-refractivity contribution in [3.8, 4) is 0 Å². The Morgan fingerprint density at radius 2 is 1.73 bits per heavy atom. The highest BCUT2D eigenvalue weighted by Crippen LogP contribution is 2.12. The van der Waals surface area contributed by atoms with Gasteiger partial charge in [-0.15, -0.1) is 0 Å². The molecule has 82 valence electrons. The van der Waals surface area contributed by atoms with Gasteiger partial charge in [-0.1, -0.05) is 24.3 Å². The average molecular weight is 230 g/mol. The molecule has 0 radical (unpaired) electrons. The van der Waals surface area contributed by atoms with Crippen LogP contribution in [0.2, 0.25) is 0 Å². The van der Waals surface area contributed by atoms with Crippen molar-refractivity contribution in [3.05, 3.63) is 35.4 Å². The van der Waals surface area contributed by atoms with Crippen molar-refractivity contribution in [3.63, 3.8) is 0 Å². The number of carbonyl (C=O) groups is 1. The Hall–Kier alpha value is -1.40. The first-order chi connectivity index (χ1) is 6.88. The maximum absolute atomic E-state index is 10.6. The molecule has 1 aromatic rings. The molecule has 0 aliphatic carbocycles. The summed E-state index contributed by atoms with van der Waals surface area (Å²) in [5.41, 5.74) is 0.699. The van der Waals surface area contributed by atoms with Gasteiger partial charge in [0.25, 0.3) is 10.1 Å². The molecule has 6 heteroatoms. The van der Waals surface area contributed by atoms with Crippen molar-refractivity contribution >= 4 is 16.1 Å². The molecule has 1 aromatic carbocycles. The van der Waals surface area contributed by atoms with Crippen LogP contribution in [-0.4, -0.2) is 24.0 Å². The van der Waals surface area contributed by atoms with E-state index in [2.05, 4.69) is 0 Å². The van der Waals surface area contributed by atoms with Crippen LogP contribution in [0.4, 0.5) is 0 Å². The summed E-state index contributed by atoms with van der Waals surface area (Å²) in [6.07, 6.45) is -0.258. The molecule has 0 aromatic heterocycles. The van der Waals surface area contributed by atoms with Crippen molar-refractivity contribution in [2.45, 2.75) is 12.2 Å². The van der Waals surface area contributed by atoms with Crippen molar-refractivity contribution in [1.29, 1.82) is 0 Å². The lowest BCUT2D eigenvalue weighted by Gasteiger charge is -2.05. The Balaban J connectivity index is 3.01. The van der Waals surface area contributed by atoms with E-state index < -0.39 is 21.8 Å². The summed E-state index contributed by atoms with van der Waals surface area (Å²) < 4.78 is 29.9. The van der Waals surface area contributed by atoms with Crippen LogP contribution in [0.15, 0.2) is 24.3 Å². The van der Waals surface area contributed by atoms with Gasteiger partial charge in [0, 0.05) is 0 Å². The molecule has 0 saturated carbocycles. The second-order valence-corrected chi connectivity index (χ2v) is 4.52. The maximum atomic E-state index is 10.6. The number of aliphatic carboxylic acids is 1. The van der Waals surface area contributed by atoms with Crippen molar-refractivity contribution in [2.75, 3.05) is 0 Å². The SMILES string of the molecule is O=C(O)Cc1ccccc1CS(=O)(=O)O. The molecule has 1 rings (SSSR count). The van der Waals surface area contributed by atoms with Gasteiger partial charge in [-0.25, -0.2) is 0 Å². The molecule has 0 aliphatic rings. The molecule has 0 aliphatic heterocycles. The van der Waals surface area contributed by atoms with Crippen molar-refractivity contribution < 1.29 is 22.9 Å². The molecule has 0 bridgehead atoms. The van der Waals surface area contributed by atoms with Gasteiger partial charge in [0.1, 0.15) is 5.75 Å². The lowest BCUT2D eigenvalue weighted by molar-refractivity contribution is -0.136. The monoisotopic (exact) mass is 230 g/mol. The molecule has 0 amide bonds. The molecular weight excluding hydrogens is 220 g/mol. The molecule has 0 atom stereocenters. The fraction of sp³-hybridized carbons (Fsp3) is 0.222. The predicted molar refractivity (Wildman–Crippen MR) is 53.0 cm³/mol. The zero-order chi connectivity index (χ0) is 11.5. The zero-order valence-corrected chi connectivity index (χ0v) is 8.57. The van der Waals surface area contributed by atoms with Crippen molar-refractivity contribution in [1.82, 2.24) is 0 Å². The lowest BCUT2D eigenvalue weighted by atomic mass is 10.1. The van der Waals surface area contributed by atoms with Crippen molar-refractivity contribution in [2.24, 2.45) is 0 Å². The molecule has 2 N–H and O–H groups in total. The topological polar surface area (TPSA) is 91.7 Å². The maximum Gasteiger partial charge on any atom is 0.307 e. The number of carboxylic acids is 1. The minimum absolute atomic E-state index is 0.258. The summed E-state index contributed by atoms with van der Waals surface area (Å²) in [4.78, 5) is 10.5. The minimum Gasteiger partial charge on any atom is -0.481 e. The van der Waals surface area contributed by atoms with Crippen LogP contribution in [-0.2, 0) is 27.1 Å². The third-order valence-electron chi connectivity index (χ3n) is 1.80. The first-order valence-electron chi connectivity index (χ1n) is 4.12. The Morgan fingerprint density at radius 3 is 2.20 bits per heavy atom. The van der Waals surface area contributed by atoms with E-state index in [9.17, 15) is 13.2 Å². The van der Waals surface area contributed by atoms with E-state index in [-0.39, 0.29) is 6.42 Å². The standard InChI is InChI=1S/C9H10O5S/c10-9(11)5-7-3-1-2-4-8(7)6-15(12,13)14/h1-4H,5-6H2,(H,10,11)(H,12,13,14). The number of carboxylic acid groups (broad SMARTS) is 1. The van der Waals surface area contributed by atoms with E-state index in [1.54, 1.807) is 12.1 Å². The highest BCUT2D eigenvalue weighted by molar-refractivity contribution is 7.85. The summed E-state index contributed by atoms with van der Waals surface area (Å²) in [6.45, 7) is 0. The smallest absolute Gasteiger partial charge is 0.307 e. The van der Waals surface area contributed by atoms with Gasteiger partial charge in [0.2, 0.25) is 0 Å². The van der Waals surface area contributed by atoms with Gasteiger partial charge in [0.05, 0.1) is 6.42 Å². The van der Waals surface area contributed by atoms with Gasteiger partial charge < -0.3 is 5.11 Å². The van der Waals surface area contributed by atoms with E-state index in [0.29, 0.717) is 11.1 Å². The van der Waals surface area contributed by atoms with Gasteiger partial charge >= 0.3 is 5.97 Å². The van der Waals surface area contributed by atoms with E-state index >= 15 is 0 Å². The van der Waals surface area contributed by atoms with Crippen LogP contribution in [0.5, 0.6) is 0 Å². The second kappa shape index (κ2) is 4.41. The molecule has 0 heterocycles. The van der Waals surface area contributed by atoms with Crippen LogP contribution < -0.4 is 0 Å². The molecule has 0 spiro atoms. The van der Waals surface area contributed by atoms with Gasteiger partial charge in [-0.05, 0) is 11.1 Å². The summed E-state index contributed by atoms with van der Waals surface area (Å²) in [6, 6.07) is 6.21. The van der Waals surface area contributed by atoms with Crippen LogP contribution in [0.25, 0.3) is 0 Å².